The minimum absolute atomic E-state index is 0.126. The zero-order valence-electron chi connectivity index (χ0n) is 26.9. The fourth-order valence-corrected chi connectivity index (χ4v) is 8.13. The molecular formula is C46H28N2O2. The van der Waals surface area contributed by atoms with Crippen LogP contribution in [0.2, 0.25) is 0 Å². The molecule has 3 heterocycles. The summed E-state index contributed by atoms with van der Waals surface area (Å²) in [6.07, 6.45) is 7.27. The van der Waals surface area contributed by atoms with E-state index in [1.54, 1.807) is 0 Å². The Hall–Kier alpha value is -6.52. The monoisotopic (exact) mass is 640 g/mol. The van der Waals surface area contributed by atoms with E-state index in [2.05, 4.69) is 133 Å². The summed E-state index contributed by atoms with van der Waals surface area (Å²) in [6, 6.07) is 46.7. The van der Waals surface area contributed by atoms with E-state index in [-0.39, 0.29) is 5.92 Å². The standard InChI is InChI=1S/C46H28N2O2/c1-2-12-27(13-3-1)30-21-11-22-36-41-45(50-44(30)36)37(25-38-33-18-8-9-23-40(33)49-46(38)41)28-14-10-15-29(24-28)39-26-47-42-34-19-6-4-16-31(34)32-17-5-7-20-35(32)43(42)48-39/h1-20,22-26,30H,21H2. The Balaban J connectivity index is 1.15. The largest absolute Gasteiger partial charge is 0.459 e. The van der Waals surface area contributed by atoms with Crippen molar-refractivity contribution < 1.29 is 8.83 Å². The van der Waals surface area contributed by atoms with E-state index < -0.39 is 0 Å². The Bertz CT molecular complexity index is 2990. The highest BCUT2D eigenvalue weighted by Crippen LogP contribution is 2.48. The SMILES string of the molecule is C1=Cc2c(oc3c(-c4cccc(-c5cnc6c7ccccc7c7ccccc7c6n5)c4)cc4c5ccccc5oc4c23)C(c2ccccc2)C1. The molecule has 1 unspecified atom stereocenters. The number of allylic oxidation sites excluding steroid dienone is 1. The van der Waals surface area contributed by atoms with Crippen molar-refractivity contribution >= 4 is 71.6 Å². The van der Waals surface area contributed by atoms with Crippen LogP contribution < -0.4 is 0 Å². The van der Waals surface area contributed by atoms with Crippen LogP contribution in [0.1, 0.15) is 29.2 Å². The number of furan rings is 2. The lowest BCUT2D eigenvalue weighted by Crippen LogP contribution is -2.03. The molecule has 4 nitrogen and oxygen atoms in total. The molecule has 0 N–H and O–H groups in total. The van der Waals surface area contributed by atoms with Crippen molar-refractivity contribution in [2.75, 3.05) is 0 Å². The van der Waals surface area contributed by atoms with Crippen LogP contribution in [0.15, 0.2) is 155 Å². The molecule has 1 aliphatic rings. The van der Waals surface area contributed by atoms with Crippen molar-refractivity contribution in [3.05, 3.63) is 163 Å². The molecule has 1 atom stereocenters. The molecular weight excluding hydrogens is 613 g/mol. The zero-order chi connectivity index (χ0) is 32.8. The molecule has 0 saturated carbocycles. The smallest absolute Gasteiger partial charge is 0.147 e. The highest BCUT2D eigenvalue weighted by molar-refractivity contribution is 6.23. The van der Waals surface area contributed by atoms with E-state index in [1.807, 2.05) is 18.3 Å². The Morgan fingerprint density at radius 3 is 2.08 bits per heavy atom. The molecule has 0 spiro atoms. The van der Waals surface area contributed by atoms with E-state index in [9.17, 15) is 0 Å². The first-order chi connectivity index (χ1) is 24.8. The summed E-state index contributed by atoms with van der Waals surface area (Å²) in [7, 11) is 0. The lowest BCUT2D eigenvalue weighted by molar-refractivity contribution is 0.517. The molecule has 0 saturated heterocycles. The summed E-state index contributed by atoms with van der Waals surface area (Å²) in [5.74, 6) is 1.11. The van der Waals surface area contributed by atoms with Gasteiger partial charge in [0.25, 0.3) is 0 Å². The number of rotatable bonds is 3. The van der Waals surface area contributed by atoms with Gasteiger partial charge in [-0.15, -0.1) is 0 Å². The molecule has 10 aromatic rings. The molecule has 0 amide bonds. The number of hydrogen-bond acceptors (Lipinski definition) is 4. The van der Waals surface area contributed by atoms with Crippen LogP contribution >= 0.6 is 0 Å². The molecule has 3 aromatic heterocycles. The molecule has 7 aromatic carbocycles. The summed E-state index contributed by atoms with van der Waals surface area (Å²) < 4.78 is 13.6. The Kier molecular flexibility index (Phi) is 5.75. The van der Waals surface area contributed by atoms with Gasteiger partial charge in [0.1, 0.15) is 22.5 Å². The maximum absolute atomic E-state index is 7.00. The third kappa shape index (κ3) is 3.93. The van der Waals surface area contributed by atoms with Crippen LogP contribution in [-0.2, 0) is 0 Å². The molecule has 0 bridgehead atoms. The number of hydrogen-bond donors (Lipinski definition) is 0. The summed E-state index contributed by atoms with van der Waals surface area (Å²) >= 11 is 0. The zero-order valence-corrected chi connectivity index (χ0v) is 26.9. The highest BCUT2D eigenvalue weighted by atomic mass is 16.3. The van der Waals surface area contributed by atoms with E-state index in [0.717, 1.165) is 94.8 Å². The fraction of sp³-hybridized carbons (Fsp3) is 0.0435. The van der Waals surface area contributed by atoms with Gasteiger partial charge in [0, 0.05) is 44.2 Å². The second-order valence-electron chi connectivity index (χ2n) is 13.2. The van der Waals surface area contributed by atoms with Crippen molar-refractivity contribution in [2.45, 2.75) is 12.3 Å². The van der Waals surface area contributed by atoms with Crippen LogP contribution in [0, 0.1) is 0 Å². The van der Waals surface area contributed by atoms with Gasteiger partial charge in [-0.3, -0.25) is 4.98 Å². The summed E-state index contributed by atoms with van der Waals surface area (Å²) in [5, 5.41) is 7.79. The van der Waals surface area contributed by atoms with Gasteiger partial charge in [-0.1, -0.05) is 127 Å². The summed E-state index contributed by atoms with van der Waals surface area (Å²) in [6.45, 7) is 0. The second kappa shape index (κ2) is 10.5. The van der Waals surface area contributed by atoms with Crippen molar-refractivity contribution in [1.29, 1.82) is 0 Å². The van der Waals surface area contributed by atoms with Crippen LogP contribution in [-0.4, -0.2) is 9.97 Å². The Morgan fingerprint density at radius 2 is 1.26 bits per heavy atom. The average Bonchev–Trinajstić information content (AvgIpc) is 3.77. The predicted molar refractivity (Wildman–Crippen MR) is 204 cm³/mol. The van der Waals surface area contributed by atoms with Crippen LogP contribution in [0.5, 0.6) is 0 Å². The summed E-state index contributed by atoms with van der Waals surface area (Å²) in [4.78, 5) is 10.3. The third-order valence-corrected chi connectivity index (χ3v) is 10.4. The van der Waals surface area contributed by atoms with Gasteiger partial charge < -0.3 is 8.83 Å². The first kappa shape index (κ1) is 27.4. The third-order valence-electron chi connectivity index (χ3n) is 10.4. The second-order valence-corrected chi connectivity index (χ2v) is 13.2. The van der Waals surface area contributed by atoms with E-state index in [4.69, 9.17) is 18.8 Å². The Morgan fingerprint density at radius 1 is 0.560 bits per heavy atom. The first-order valence-electron chi connectivity index (χ1n) is 17.1. The summed E-state index contributed by atoms with van der Waals surface area (Å²) in [5.41, 5.74) is 10.7. The topological polar surface area (TPSA) is 52.1 Å². The lowest BCUT2D eigenvalue weighted by Gasteiger charge is -2.17. The van der Waals surface area contributed by atoms with Crippen molar-refractivity contribution in [1.82, 2.24) is 9.97 Å². The average molecular weight is 641 g/mol. The van der Waals surface area contributed by atoms with E-state index >= 15 is 0 Å². The van der Waals surface area contributed by atoms with Gasteiger partial charge in [-0.25, -0.2) is 4.98 Å². The molecule has 50 heavy (non-hydrogen) atoms. The quantitative estimate of drug-likeness (QED) is 0.180. The first-order valence-corrected chi connectivity index (χ1v) is 17.1. The predicted octanol–water partition coefficient (Wildman–Crippen LogP) is 12.5. The van der Waals surface area contributed by atoms with Crippen LogP contribution in [0.3, 0.4) is 0 Å². The van der Waals surface area contributed by atoms with Gasteiger partial charge in [-0.2, -0.15) is 0 Å². The van der Waals surface area contributed by atoms with Gasteiger partial charge in [-0.05, 0) is 46.5 Å². The number of benzene rings is 7. The van der Waals surface area contributed by atoms with Gasteiger partial charge >= 0.3 is 0 Å². The van der Waals surface area contributed by atoms with Crippen LogP contribution in [0.25, 0.3) is 93.9 Å². The molecule has 4 heteroatoms. The maximum Gasteiger partial charge on any atom is 0.147 e. The molecule has 0 fully saturated rings. The van der Waals surface area contributed by atoms with Gasteiger partial charge in [0.05, 0.1) is 28.3 Å². The molecule has 11 rings (SSSR count). The molecule has 0 radical (unpaired) electrons. The minimum atomic E-state index is 0.126. The lowest BCUT2D eigenvalue weighted by atomic mass is 9.86. The molecule has 234 valence electrons. The molecule has 1 aliphatic carbocycles. The minimum Gasteiger partial charge on any atom is -0.459 e. The van der Waals surface area contributed by atoms with Crippen LogP contribution in [0.4, 0.5) is 0 Å². The van der Waals surface area contributed by atoms with Crippen molar-refractivity contribution in [3.63, 3.8) is 0 Å². The van der Waals surface area contributed by atoms with E-state index in [1.165, 1.54) is 16.3 Å². The van der Waals surface area contributed by atoms with Gasteiger partial charge in [0.15, 0.2) is 0 Å². The number of fused-ring (bicyclic) bond motifs is 13. The normalized spacial score (nSPS) is 14.4. The highest BCUT2D eigenvalue weighted by Gasteiger charge is 2.29. The van der Waals surface area contributed by atoms with Gasteiger partial charge in [0.2, 0.25) is 0 Å². The number of aromatic nitrogens is 2. The maximum atomic E-state index is 7.00. The number of nitrogens with zero attached hydrogens (tertiary/aromatic N) is 2. The fourth-order valence-electron chi connectivity index (χ4n) is 8.13. The van der Waals surface area contributed by atoms with E-state index in [0.29, 0.717) is 0 Å². The molecule has 0 aliphatic heterocycles. The Labute approximate surface area is 286 Å². The van der Waals surface area contributed by atoms with Crippen molar-refractivity contribution in [2.24, 2.45) is 0 Å². The number of para-hydroxylation sites is 1. The van der Waals surface area contributed by atoms with Crippen molar-refractivity contribution in [3.8, 4) is 22.4 Å².